The molecule has 179 valence electrons. The molecule has 0 aliphatic carbocycles. The fraction of sp³-hybridized carbons (Fsp3) is 0.600. The lowest BCUT2D eigenvalue weighted by molar-refractivity contribution is -0.134. The van der Waals surface area contributed by atoms with Crippen LogP contribution in [0.25, 0.3) is 0 Å². The molecule has 2 amide bonds. The second-order valence-electron chi connectivity index (χ2n) is 8.00. The van der Waals surface area contributed by atoms with Gasteiger partial charge < -0.3 is 21.1 Å². The highest BCUT2D eigenvalue weighted by atomic mass is 16.5. The summed E-state index contributed by atoms with van der Waals surface area (Å²) in [4.78, 5) is 35.4. The Morgan fingerprint density at radius 2 is 1.28 bits per heavy atom. The van der Waals surface area contributed by atoms with E-state index < -0.39 is 0 Å². The number of hydrogen-bond donors (Lipinski definition) is 3. The van der Waals surface area contributed by atoms with E-state index in [1.165, 1.54) is 0 Å². The Hall–Kier alpha value is -2.41. The number of rotatable bonds is 18. The van der Waals surface area contributed by atoms with Crippen LogP contribution in [0.15, 0.2) is 24.3 Å². The summed E-state index contributed by atoms with van der Waals surface area (Å²) >= 11 is 0. The molecule has 0 heterocycles. The number of amides is 2. The number of esters is 1. The average molecular weight is 447 g/mol. The van der Waals surface area contributed by atoms with Crippen molar-refractivity contribution < 1.29 is 19.1 Å². The molecule has 4 N–H and O–H groups in total. The molecule has 0 aliphatic heterocycles. The molecule has 0 spiro atoms. The van der Waals surface area contributed by atoms with E-state index in [2.05, 4.69) is 17.6 Å². The molecule has 7 nitrogen and oxygen atoms in total. The fourth-order valence-electron chi connectivity index (χ4n) is 3.17. The van der Waals surface area contributed by atoms with Crippen molar-refractivity contribution in [3.05, 3.63) is 36.8 Å². The molecular formula is C25H40N3O4. The first-order valence-corrected chi connectivity index (χ1v) is 11.9. The Morgan fingerprint density at radius 3 is 1.84 bits per heavy atom. The van der Waals surface area contributed by atoms with Gasteiger partial charge in [-0.05, 0) is 63.6 Å². The lowest BCUT2D eigenvalue weighted by Crippen LogP contribution is -2.25. The number of hydrogen-bond acceptors (Lipinski definition) is 5. The molecule has 0 saturated heterocycles. The van der Waals surface area contributed by atoms with Crippen LogP contribution < -0.4 is 21.1 Å². The Morgan fingerprint density at radius 1 is 0.750 bits per heavy atom. The molecule has 1 aromatic rings. The minimum absolute atomic E-state index is 0.0559. The molecular weight excluding hydrogens is 406 g/mol. The summed E-state index contributed by atoms with van der Waals surface area (Å²) < 4.78 is 5.30. The maximum Gasteiger partial charge on any atom is 0.311 e. The summed E-state index contributed by atoms with van der Waals surface area (Å²) in [6, 6.07) is 7.20. The molecule has 1 aromatic carbocycles. The number of benzene rings is 1. The Labute approximate surface area is 192 Å². The second kappa shape index (κ2) is 18.2. The van der Waals surface area contributed by atoms with E-state index in [-0.39, 0.29) is 17.8 Å². The largest absolute Gasteiger partial charge is 0.426 e. The third kappa shape index (κ3) is 14.6. The zero-order valence-corrected chi connectivity index (χ0v) is 19.3. The molecule has 0 fully saturated rings. The molecule has 0 unspecified atom stereocenters. The highest BCUT2D eigenvalue weighted by Gasteiger charge is 2.07. The Balaban J connectivity index is 1.91. The predicted octanol–water partition coefficient (Wildman–Crippen LogP) is 3.65. The van der Waals surface area contributed by atoms with E-state index in [0.717, 1.165) is 57.8 Å². The standard InChI is InChI=1S/C25H40N3O4/c1-21-13-8-9-14-22(21)32-25(31)17-7-4-12-20-28-24(30)16-6-3-11-19-27-23(29)15-5-2-10-18-26/h8-9,13-14H,1-7,10-12,15-20,26H2,(H,27,29)(H,28,30). The molecule has 0 bridgehead atoms. The van der Waals surface area contributed by atoms with Crippen LogP contribution in [-0.4, -0.2) is 37.4 Å². The van der Waals surface area contributed by atoms with Crippen molar-refractivity contribution in [2.24, 2.45) is 5.73 Å². The van der Waals surface area contributed by atoms with Crippen LogP contribution in [0.1, 0.15) is 82.6 Å². The van der Waals surface area contributed by atoms with Crippen LogP contribution in [-0.2, 0) is 14.4 Å². The second-order valence-corrected chi connectivity index (χ2v) is 8.00. The average Bonchev–Trinajstić information content (AvgIpc) is 2.77. The number of para-hydroxylation sites is 1. The minimum Gasteiger partial charge on any atom is -0.426 e. The summed E-state index contributed by atoms with van der Waals surface area (Å²) in [5.74, 6) is 0.402. The zero-order valence-electron chi connectivity index (χ0n) is 19.3. The number of carbonyl (C=O) groups excluding carboxylic acids is 3. The van der Waals surface area contributed by atoms with Gasteiger partial charge in [-0.25, -0.2) is 0 Å². The van der Waals surface area contributed by atoms with Gasteiger partial charge in [-0.3, -0.25) is 14.4 Å². The molecule has 0 saturated carbocycles. The lowest BCUT2D eigenvalue weighted by atomic mass is 10.1. The van der Waals surface area contributed by atoms with E-state index >= 15 is 0 Å². The third-order valence-electron chi connectivity index (χ3n) is 5.09. The summed E-state index contributed by atoms with van der Waals surface area (Å²) in [5.41, 5.74) is 6.13. The van der Waals surface area contributed by atoms with Gasteiger partial charge in [0, 0.05) is 32.4 Å². The summed E-state index contributed by atoms with van der Waals surface area (Å²) in [6.45, 7) is 5.80. The van der Waals surface area contributed by atoms with Gasteiger partial charge in [0.05, 0.1) is 0 Å². The number of nitrogens with one attached hydrogen (secondary N) is 2. The van der Waals surface area contributed by atoms with Crippen molar-refractivity contribution in [2.75, 3.05) is 19.6 Å². The van der Waals surface area contributed by atoms with Gasteiger partial charge in [-0.2, -0.15) is 0 Å². The first-order chi connectivity index (χ1) is 15.5. The summed E-state index contributed by atoms with van der Waals surface area (Å²) in [7, 11) is 0. The minimum atomic E-state index is -0.257. The fourth-order valence-corrected chi connectivity index (χ4v) is 3.17. The van der Waals surface area contributed by atoms with E-state index in [4.69, 9.17) is 10.5 Å². The lowest BCUT2D eigenvalue weighted by Gasteiger charge is -2.07. The van der Waals surface area contributed by atoms with E-state index in [0.29, 0.717) is 50.2 Å². The van der Waals surface area contributed by atoms with Crippen molar-refractivity contribution in [1.29, 1.82) is 0 Å². The Kier molecular flexibility index (Phi) is 15.7. The zero-order chi connectivity index (χ0) is 23.4. The third-order valence-corrected chi connectivity index (χ3v) is 5.09. The number of ether oxygens (including phenoxy) is 1. The van der Waals surface area contributed by atoms with Gasteiger partial charge in [0.1, 0.15) is 5.75 Å². The Bertz CT molecular complexity index is 679. The smallest absolute Gasteiger partial charge is 0.311 e. The maximum absolute atomic E-state index is 11.9. The van der Waals surface area contributed by atoms with Crippen molar-refractivity contribution in [3.63, 3.8) is 0 Å². The van der Waals surface area contributed by atoms with Gasteiger partial charge in [0.15, 0.2) is 0 Å². The van der Waals surface area contributed by atoms with Crippen LogP contribution in [0, 0.1) is 6.92 Å². The SMILES string of the molecule is [CH2]c1ccccc1OC(=O)CCCCCNC(=O)CCCCCNC(=O)CCCCCN. The van der Waals surface area contributed by atoms with Crippen LogP contribution in [0.5, 0.6) is 5.75 Å². The molecule has 1 radical (unpaired) electrons. The van der Waals surface area contributed by atoms with Crippen LogP contribution in [0.3, 0.4) is 0 Å². The van der Waals surface area contributed by atoms with Crippen molar-refractivity contribution in [3.8, 4) is 5.75 Å². The topological polar surface area (TPSA) is 111 Å². The molecule has 32 heavy (non-hydrogen) atoms. The molecule has 0 atom stereocenters. The van der Waals surface area contributed by atoms with Crippen LogP contribution in [0.4, 0.5) is 0 Å². The summed E-state index contributed by atoms with van der Waals surface area (Å²) in [5, 5.41) is 5.84. The van der Waals surface area contributed by atoms with Crippen LogP contribution >= 0.6 is 0 Å². The van der Waals surface area contributed by atoms with Gasteiger partial charge in [0.25, 0.3) is 0 Å². The molecule has 7 heteroatoms. The predicted molar refractivity (Wildman–Crippen MR) is 127 cm³/mol. The monoisotopic (exact) mass is 446 g/mol. The van der Waals surface area contributed by atoms with Gasteiger partial charge >= 0.3 is 5.97 Å². The van der Waals surface area contributed by atoms with E-state index in [9.17, 15) is 14.4 Å². The molecule has 0 aliphatic rings. The molecule has 1 rings (SSSR count). The molecule has 0 aromatic heterocycles. The first kappa shape index (κ1) is 27.6. The van der Waals surface area contributed by atoms with Gasteiger partial charge in [-0.1, -0.05) is 37.5 Å². The van der Waals surface area contributed by atoms with E-state index in [1.54, 1.807) is 12.1 Å². The quantitative estimate of drug-likeness (QED) is 0.181. The van der Waals surface area contributed by atoms with Gasteiger partial charge in [-0.15, -0.1) is 0 Å². The maximum atomic E-state index is 11.9. The number of carbonyl (C=O) groups is 3. The first-order valence-electron chi connectivity index (χ1n) is 11.9. The van der Waals surface area contributed by atoms with Crippen LogP contribution in [0.2, 0.25) is 0 Å². The van der Waals surface area contributed by atoms with Crippen molar-refractivity contribution in [1.82, 2.24) is 10.6 Å². The normalized spacial score (nSPS) is 10.6. The number of nitrogens with two attached hydrogens (primary N) is 1. The van der Waals surface area contributed by atoms with Crippen molar-refractivity contribution >= 4 is 17.8 Å². The summed E-state index contributed by atoms with van der Waals surface area (Å²) in [6.07, 6.45) is 9.31. The van der Waals surface area contributed by atoms with Crippen molar-refractivity contribution in [2.45, 2.75) is 77.0 Å². The highest BCUT2D eigenvalue weighted by Crippen LogP contribution is 2.17. The van der Waals surface area contributed by atoms with Gasteiger partial charge in [0.2, 0.25) is 11.8 Å². The highest BCUT2D eigenvalue weighted by molar-refractivity contribution is 5.76. The number of unbranched alkanes of at least 4 members (excludes halogenated alkanes) is 6. The van der Waals surface area contributed by atoms with E-state index in [1.807, 2.05) is 12.1 Å².